The van der Waals surface area contributed by atoms with Gasteiger partial charge >= 0.3 is 17.8 Å². The summed E-state index contributed by atoms with van der Waals surface area (Å²) in [5.74, 6) is -0.765. The first-order chi connectivity index (χ1) is 14.4. The van der Waals surface area contributed by atoms with Gasteiger partial charge in [0.25, 0.3) is 0 Å². The zero-order valence-corrected chi connectivity index (χ0v) is 16.8. The Morgan fingerprint density at radius 3 is 2.53 bits per heavy atom. The number of amides is 3. The van der Waals surface area contributed by atoms with Crippen LogP contribution >= 0.6 is 11.6 Å². The number of carbonyl (C=O) groups is 2. The maximum absolute atomic E-state index is 12.9. The van der Waals surface area contributed by atoms with Gasteiger partial charge in [-0.15, -0.1) is 0 Å². The lowest BCUT2D eigenvalue weighted by atomic mass is 10.2. The minimum atomic E-state index is -0.535. The molecule has 3 amide bonds. The molecule has 2 N–H and O–H groups in total. The normalized spacial score (nSPS) is 10.5. The minimum absolute atomic E-state index is 0.180. The topological polar surface area (TPSA) is 100 Å². The summed E-state index contributed by atoms with van der Waals surface area (Å²) in [6, 6.07) is 12.2. The Bertz CT molecular complexity index is 1010. The number of nitrogens with one attached hydrogen (secondary N) is 2. The van der Waals surface area contributed by atoms with Gasteiger partial charge in [-0.1, -0.05) is 28.9 Å². The zero-order chi connectivity index (χ0) is 21.5. The summed E-state index contributed by atoms with van der Waals surface area (Å²) in [7, 11) is 1.63. The van der Waals surface area contributed by atoms with Crippen molar-refractivity contribution in [3.8, 4) is 0 Å². The van der Waals surface area contributed by atoms with Gasteiger partial charge in [0.1, 0.15) is 5.82 Å². The van der Waals surface area contributed by atoms with Gasteiger partial charge in [0.2, 0.25) is 0 Å². The van der Waals surface area contributed by atoms with Crippen molar-refractivity contribution in [2.45, 2.75) is 13.0 Å². The lowest BCUT2D eigenvalue weighted by molar-refractivity contribution is 0.0907. The third kappa shape index (κ3) is 6.02. The predicted molar refractivity (Wildman–Crippen MR) is 109 cm³/mol. The van der Waals surface area contributed by atoms with Crippen LogP contribution < -0.4 is 10.6 Å². The molecule has 0 fully saturated rings. The lowest BCUT2D eigenvalue weighted by Crippen LogP contribution is -2.33. The minimum Gasteiger partial charge on any atom is -0.344 e. The van der Waals surface area contributed by atoms with Crippen LogP contribution in [0.1, 0.15) is 22.1 Å². The Hall–Kier alpha value is -3.46. The number of hydrogen-bond donors (Lipinski definition) is 2. The van der Waals surface area contributed by atoms with Crippen molar-refractivity contribution in [2.24, 2.45) is 0 Å². The maximum Gasteiger partial charge on any atom is 0.321 e. The van der Waals surface area contributed by atoms with Crippen molar-refractivity contribution >= 4 is 29.2 Å². The number of carbonyl (C=O) groups excluding carboxylic acids is 2. The molecule has 0 radical (unpaired) electrons. The fraction of sp³-hybridized carbons (Fsp3) is 0.200. The lowest BCUT2D eigenvalue weighted by Gasteiger charge is -2.17. The molecule has 1 aromatic heterocycles. The van der Waals surface area contributed by atoms with Crippen molar-refractivity contribution in [3.63, 3.8) is 0 Å². The Morgan fingerprint density at radius 1 is 1.13 bits per heavy atom. The van der Waals surface area contributed by atoms with E-state index in [1.807, 2.05) is 0 Å². The number of aromatic nitrogens is 2. The molecule has 30 heavy (non-hydrogen) atoms. The second kappa shape index (κ2) is 9.84. The highest BCUT2D eigenvalue weighted by atomic mass is 35.5. The molecule has 0 saturated carbocycles. The summed E-state index contributed by atoms with van der Waals surface area (Å²) in [6.07, 6.45) is 0.305. The van der Waals surface area contributed by atoms with Gasteiger partial charge in [-0.2, -0.15) is 4.98 Å². The summed E-state index contributed by atoms with van der Waals surface area (Å²) >= 11 is 5.82. The Labute approximate surface area is 177 Å². The molecule has 0 aliphatic carbocycles. The van der Waals surface area contributed by atoms with Gasteiger partial charge in [-0.05, 0) is 42.0 Å². The second-order valence-corrected chi connectivity index (χ2v) is 6.87. The molecular formula is C20H19ClFN5O3. The highest BCUT2D eigenvalue weighted by Crippen LogP contribution is 2.13. The fourth-order valence-corrected chi connectivity index (χ4v) is 2.56. The molecule has 2 aromatic carbocycles. The molecule has 8 nitrogen and oxygen atoms in total. The van der Waals surface area contributed by atoms with Crippen LogP contribution in [0.15, 0.2) is 53.1 Å². The number of rotatable bonds is 7. The average Bonchev–Trinajstić information content (AvgIpc) is 3.22. The average molecular weight is 432 g/mol. The van der Waals surface area contributed by atoms with E-state index in [0.29, 0.717) is 29.5 Å². The van der Waals surface area contributed by atoms with Crippen molar-refractivity contribution in [2.75, 3.05) is 18.9 Å². The van der Waals surface area contributed by atoms with Crippen LogP contribution in [-0.2, 0) is 13.0 Å². The monoisotopic (exact) mass is 431 g/mol. The van der Waals surface area contributed by atoms with Crippen LogP contribution in [0.5, 0.6) is 0 Å². The van der Waals surface area contributed by atoms with Crippen molar-refractivity contribution in [1.82, 2.24) is 20.4 Å². The van der Waals surface area contributed by atoms with Crippen LogP contribution in [0.3, 0.4) is 0 Å². The second-order valence-electron chi connectivity index (χ2n) is 6.43. The molecule has 10 heteroatoms. The third-order valence-corrected chi connectivity index (χ3v) is 4.39. The van der Waals surface area contributed by atoms with Crippen molar-refractivity contribution < 1.29 is 18.5 Å². The number of anilines is 1. The van der Waals surface area contributed by atoms with E-state index in [-0.39, 0.29) is 24.3 Å². The first-order valence-electron chi connectivity index (χ1n) is 9.03. The molecule has 0 saturated heterocycles. The molecule has 0 aliphatic rings. The smallest absolute Gasteiger partial charge is 0.321 e. The van der Waals surface area contributed by atoms with E-state index in [2.05, 4.69) is 20.8 Å². The first-order valence-corrected chi connectivity index (χ1v) is 9.41. The predicted octanol–water partition coefficient (Wildman–Crippen LogP) is 3.50. The van der Waals surface area contributed by atoms with E-state index >= 15 is 0 Å². The standard InChI is InChI=1S/C20H19ClFN5O3/c1-27(20(29)24-16-8-4-14(21)5-9-16)11-10-17-25-19(30-26-17)18(28)23-12-13-2-6-15(22)7-3-13/h2-9H,10-12H2,1H3,(H,23,28)(H,24,29). The number of halogens is 2. The first kappa shape index (κ1) is 21.3. The van der Waals surface area contributed by atoms with Crippen LogP contribution in [0.4, 0.5) is 14.9 Å². The van der Waals surface area contributed by atoms with E-state index < -0.39 is 5.91 Å². The Morgan fingerprint density at radius 2 is 1.83 bits per heavy atom. The molecular weight excluding hydrogens is 413 g/mol. The molecule has 0 spiro atoms. The molecule has 0 aliphatic heterocycles. The number of nitrogens with zero attached hydrogens (tertiary/aromatic N) is 3. The van der Waals surface area contributed by atoms with Crippen LogP contribution in [0.2, 0.25) is 5.02 Å². The summed E-state index contributed by atoms with van der Waals surface area (Å²) < 4.78 is 17.9. The van der Waals surface area contributed by atoms with Gasteiger partial charge in [0, 0.05) is 37.3 Å². The molecule has 1 heterocycles. The summed E-state index contributed by atoms with van der Waals surface area (Å²) in [5, 5.41) is 9.70. The van der Waals surface area contributed by atoms with E-state index in [1.165, 1.54) is 17.0 Å². The summed E-state index contributed by atoms with van der Waals surface area (Å²) in [6.45, 7) is 0.514. The molecule has 156 valence electrons. The van der Waals surface area contributed by atoms with E-state index in [0.717, 1.165) is 5.56 Å². The van der Waals surface area contributed by atoms with Crippen molar-refractivity contribution in [3.05, 3.63) is 76.6 Å². The maximum atomic E-state index is 12.9. The van der Waals surface area contributed by atoms with Crippen LogP contribution in [0, 0.1) is 5.82 Å². The number of likely N-dealkylation sites (N-methyl/N-ethyl adjacent to an activating group) is 1. The SMILES string of the molecule is CN(CCc1noc(C(=O)NCc2ccc(F)cc2)n1)C(=O)Nc1ccc(Cl)cc1. The quantitative estimate of drug-likeness (QED) is 0.596. The van der Waals surface area contributed by atoms with Gasteiger partial charge in [-0.25, -0.2) is 9.18 Å². The van der Waals surface area contributed by atoms with Gasteiger partial charge < -0.3 is 20.1 Å². The van der Waals surface area contributed by atoms with Crippen LogP contribution in [0.25, 0.3) is 0 Å². The number of urea groups is 1. The van der Waals surface area contributed by atoms with Gasteiger partial charge in [0.05, 0.1) is 0 Å². The summed E-state index contributed by atoms with van der Waals surface area (Å²) in [4.78, 5) is 29.8. The third-order valence-electron chi connectivity index (χ3n) is 4.14. The molecule has 0 atom stereocenters. The Balaban J connectivity index is 1.46. The largest absolute Gasteiger partial charge is 0.344 e. The zero-order valence-electron chi connectivity index (χ0n) is 16.1. The highest BCUT2D eigenvalue weighted by molar-refractivity contribution is 6.30. The van der Waals surface area contributed by atoms with E-state index in [9.17, 15) is 14.0 Å². The van der Waals surface area contributed by atoms with E-state index in [1.54, 1.807) is 43.4 Å². The number of benzene rings is 2. The number of hydrogen-bond acceptors (Lipinski definition) is 5. The fourth-order valence-electron chi connectivity index (χ4n) is 2.43. The highest BCUT2D eigenvalue weighted by Gasteiger charge is 2.16. The molecule has 0 unspecified atom stereocenters. The van der Waals surface area contributed by atoms with E-state index in [4.69, 9.17) is 16.1 Å². The Kier molecular flexibility index (Phi) is 6.97. The molecule has 3 aromatic rings. The van der Waals surface area contributed by atoms with Gasteiger partial charge in [-0.3, -0.25) is 4.79 Å². The molecule has 0 bridgehead atoms. The van der Waals surface area contributed by atoms with Gasteiger partial charge in [0.15, 0.2) is 5.82 Å². The van der Waals surface area contributed by atoms with Crippen molar-refractivity contribution in [1.29, 1.82) is 0 Å². The summed E-state index contributed by atoms with van der Waals surface area (Å²) in [5.41, 5.74) is 1.36. The van der Waals surface area contributed by atoms with Crippen LogP contribution in [-0.4, -0.2) is 40.6 Å². The molecule has 3 rings (SSSR count).